The highest BCUT2D eigenvalue weighted by molar-refractivity contribution is 6.33. The zero-order valence-electron chi connectivity index (χ0n) is 12.7. The van der Waals surface area contributed by atoms with Crippen molar-refractivity contribution in [3.63, 3.8) is 0 Å². The van der Waals surface area contributed by atoms with Gasteiger partial charge in [0, 0.05) is 11.3 Å². The van der Waals surface area contributed by atoms with E-state index in [2.05, 4.69) is 5.32 Å². The normalized spacial score (nSPS) is 10.5. The van der Waals surface area contributed by atoms with Crippen LogP contribution in [0, 0.1) is 27.7 Å². The Morgan fingerprint density at radius 2 is 1.57 bits per heavy atom. The number of carbonyl (C=O) groups excluding carboxylic acids is 1. The summed E-state index contributed by atoms with van der Waals surface area (Å²) in [6.07, 6.45) is 0. The van der Waals surface area contributed by atoms with E-state index in [1.807, 2.05) is 39.8 Å². The van der Waals surface area contributed by atoms with Crippen molar-refractivity contribution in [2.45, 2.75) is 27.7 Å². The van der Waals surface area contributed by atoms with Crippen molar-refractivity contribution in [3.8, 4) is 0 Å². The van der Waals surface area contributed by atoms with Crippen LogP contribution in [0.5, 0.6) is 0 Å². The second-order valence-corrected chi connectivity index (χ2v) is 5.82. The van der Waals surface area contributed by atoms with Gasteiger partial charge in [0.2, 0.25) is 0 Å². The van der Waals surface area contributed by atoms with Crippen molar-refractivity contribution in [1.82, 2.24) is 0 Å². The maximum atomic E-state index is 12.5. The first-order chi connectivity index (χ1) is 9.79. The first-order valence-electron chi connectivity index (χ1n) is 6.74. The van der Waals surface area contributed by atoms with Gasteiger partial charge in [0.25, 0.3) is 5.91 Å². The van der Waals surface area contributed by atoms with Gasteiger partial charge in [-0.2, -0.15) is 0 Å². The standard InChI is InChI=1S/C17H19ClN2O/c1-9-5-11(3)16(12(4)6-9)17(21)20-15-8-13(18)14(19)7-10(15)2/h5-8H,19H2,1-4H3,(H,20,21). The van der Waals surface area contributed by atoms with Crippen molar-refractivity contribution in [1.29, 1.82) is 0 Å². The number of rotatable bonds is 2. The third-order valence-electron chi connectivity index (χ3n) is 3.50. The topological polar surface area (TPSA) is 55.1 Å². The van der Waals surface area contributed by atoms with E-state index in [1.165, 1.54) is 0 Å². The number of aryl methyl sites for hydroxylation is 4. The molecule has 0 fully saturated rings. The zero-order valence-corrected chi connectivity index (χ0v) is 13.4. The molecule has 0 atom stereocenters. The Kier molecular flexibility index (Phi) is 4.24. The van der Waals surface area contributed by atoms with Crippen LogP contribution in [0.4, 0.5) is 11.4 Å². The lowest BCUT2D eigenvalue weighted by Crippen LogP contribution is -2.16. The molecule has 1 amide bonds. The number of halogens is 1. The van der Waals surface area contributed by atoms with Gasteiger partial charge in [-0.1, -0.05) is 29.3 Å². The molecule has 0 spiro atoms. The summed E-state index contributed by atoms with van der Waals surface area (Å²) in [6, 6.07) is 7.45. The number of anilines is 2. The van der Waals surface area contributed by atoms with Crippen LogP contribution in [-0.4, -0.2) is 5.91 Å². The van der Waals surface area contributed by atoms with Gasteiger partial charge in [0.1, 0.15) is 0 Å². The van der Waals surface area contributed by atoms with Gasteiger partial charge in [0.15, 0.2) is 0 Å². The number of hydrogen-bond acceptors (Lipinski definition) is 2. The van der Waals surface area contributed by atoms with Crippen LogP contribution < -0.4 is 11.1 Å². The lowest BCUT2D eigenvalue weighted by Gasteiger charge is -2.14. The lowest BCUT2D eigenvalue weighted by molar-refractivity contribution is 0.102. The number of hydrogen-bond donors (Lipinski definition) is 2. The maximum absolute atomic E-state index is 12.5. The first kappa shape index (κ1) is 15.4. The number of nitrogen functional groups attached to an aromatic ring is 1. The van der Waals surface area contributed by atoms with E-state index in [9.17, 15) is 4.79 Å². The molecule has 0 radical (unpaired) electrons. The summed E-state index contributed by atoms with van der Waals surface area (Å²) >= 11 is 6.02. The number of carbonyl (C=O) groups is 1. The Morgan fingerprint density at radius 1 is 1.00 bits per heavy atom. The van der Waals surface area contributed by atoms with Crippen molar-refractivity contribution in [3.05, 3.63) is 57.1 Å². The summed E-state index contributed by atoms with van der Waals surface area (Å²) in [5, 5.41) is 3.35. The van der Waals surface area contributed by atoms with Crippen LogP contribution in [0.25, 0.3) is 0 Å². The fourth-order valence-electron chi connectivity index (χ4n) is 2.56. The van der Waals surface area contributed by atoms with Crippen LogP contribution in [0.15, 0.2) is 24.3 Å². The van der Waals surface area contributed by atoms with Gasteiger partial charge in [-0.25, -0.2) is 0 Å². The molecule has 0 unspecified atom stereocenters. The molecular formula is C17H19ClN2O. The number of benzene rings is 2. The molecule has 4 heteroatoms. The molecule has 0 aliphatic carbocycles. The second kappa shape index (κ2) is 5.78. The fourth-order valence-corrected chi connectivity index (χ4v) is 2.73. The average Bonchev–Trinajstić information content (AvgIpc) is 2.34. The fraction of sp³-hybridized carbons (Fsp3) is 0.235. The highest BCUT2D eigenvalue weighted by atomic mass is 35.5. The van der Waals surface area contributed by atoms with Crippen LogP contribution in [-0.2, 0) is 0 Å². The molecule has 110 valence electrons. The average molecular weight is 303 g/mol. The van der Waals surface area contributed by atoms with E-state index in [4.69, 9.17) is 17.3 Å². The molecule has 0 bridgehead atoms. The highest BCUT2D eigenvalue weighted by Gasteiger charge is 2.14. The molecule has 3 nitrogen and oxygen atoms in total. The second-order valence-electron chi connectivity index (χ2n) is 5.42. The van der Waals surface area contributed by atoms with Crippen LogP contribution in [0.1, 0.15) is 32.6 Å². The predicted octanol–water partition coefficient (Wildman–Crippen LogP) is 4.41. The highest BCUT2D eigenvalue weighted by Crippen LogP contribution is 2.27. The number of nitrogens with one attached hydrogen (secondary N) is 1. The molecular weight excluding hydrogens is 284 g/mol. The maximum Gasteiger partial charge on any atom is 0.256 e. The van der Waals surface area contributed by atoms with Crippen LogP contribution in [0.2, 0.25) is 5.02 Å². The van der Waals surface area contributed by atoms with Gasteiger partial charge in [0.05, 0.1) is 10.7 Å². The minimum Gasteiger partial charge on any atom is -0.398 e. The van der Waals surface area contributed by atoms with Crippen LogP contribution >= 0.6 is 11.6 Å². The number of amides is 1. The largest absolute Gasteiger partial charge is 0.398 e. The van der Waals surface area contributed by atoms with E-state index < -0.39 is 0 Å². The molecule has 0 aliphatic rings. The van der Waals surface area contributed by atoms with Gasteiger partial charge in [-0.05, 0) is 56.5 Å². The summed E-state index contributed by atoms with van der Waals surface area (Å²) in [5.74, 6) is -0.131. The number of nitrogens with two attached hydrogens (primary N) is 1. The molecule has 2 rings (SSSR count). The van der Waals surface area contributed by atoms with Crippen molar-refractivity contribution < 1.29 is 4.79 Å². The van der Waals surface area contributed by atoms with Gasteiger partial charge >= 0.3 is 0 Å². The zero-order chi connectivity index (χ0) is 15.7. The summed E-state index contributed by atoms with van der Waals surface area (Å²) in [4.78, 5) is 12.5. The van der Waals surface area contributed by atoms with Gasteiger partial charge in [-0.15, -0.1) is 0 Å². The lowest BCUT2D eigenvalue weighted by atomic mass is 9.99. The summed E-state index contributed by atoms with van der Waals surface area (Å²) < 4.78 is 0. The molecule has 2 aromatic rings. The van der Waals surface area contributed by atoms with Crippen molar-refractivity contribution in [2.75, 3.05) is 11.1 Å². The van der Waals surface area contributed by atoms with Gasteiger partial charge in [-0.3, -0.25) is 4.79 Å². The quantitative estimate of drug-likeness (QED) is 0.807. The molecule has 21 heavy (non-hydrogen) atoms. The van der Waals surface area contributed by atoms with Crippen molar-refractivity contribution in [2.24, 2.45) is 0 Å². The molecule has 0 aromatic heterocycles. The minimum absolute atomic E-state index is 0.131. The Bertz CT molecular complexity index is 700. The van der Waals surface area contributed by atoms with E-state index in [0.29, 0.717) is 22.0 Å². The predicted molar refractivity (Wildman–Crippen MR) is 89.2 cm³/mol. The Labute approximate surface area is 130 Å². The SMILES string of the molecule is Cc1cc(C)c(C(=O)Nc2cc(Cl)c(N)cc2C)c(C)c1. The summed E-state index contributed by atoms with van der Waals surface area (Å²) in [6.45, 7) is 7.79. The van der Waals surface area contributed by atoms with Crippen LogP contribution in [0.3, 0.4) is 0 Å². The van der Waals surface area contributed by atoms with E-state index in [0.717, 1.165) is 22.3 Å². The Morgan fingerprint density at radius 3 is 2.14 bits per heavy atom. The molecule has 2 aromatic carbocycles. The van der Waals surface area contributed by atoms with Gasteiger partial charge < -0.3 is 11.1 Å². The summed E-state index contributed by atoms with van der Waals surface area (Å²) in [7, 11) is 0. The third-order valence-corrected chi connectivity index (χ3v) is 3.82. The molecule has 0 saturated carbocycles. The van der Waals surface area contributed by atoms with E-state index in [-0.39, 0.29) is 5.91 Å². The third kappa shape index (κ3) is 3.19. The smallest absolute Gasteiger partial charge is 0.256 e. The molecule has 0 heterocycles. The van der Waals surface area contributed by atoms with E-state index in [1.54, 1.807) is 12.1 Å². The monoisotopic (exact) mass is 302 g/mol. The molecule has 3 N–H and O–H groups in total. The van der Waals surface area contributed by atoms with E-state index >= 15 is 0 Å². The molecule has 0 aliphatic heterocycles. The Hall–Kier alpha value is -2.00. The summed E-state index contributed by atoms with van der Waals surface area (Å²) in [5.41, 5.74) is 11.6. The Balaban J connectivity index is 2.37. The van der Waals surface area contributed by atoms with Crippen molar-refractivity contribution >= 4 is 28.9 Å². The molecule has 0 saturated heterocycles. The minimum atomic E-state index is -0.131. The first-order valence-corrected chi connectivity index (χ1v) is 7.12.